The molecule has 0 saturated carbocycles. The minimum atomic E-state index is -0.0892. The summed E-state index contributed by atoms with van der Waals surface area (Å²) in [4.78, 5) is 14.0. The minimum Gasteiger partial charge on any atom is -0.337 e. The molecule has 1 aromatic heterocycles. The summed E-state index contributed by atoms with van der Waals surface area (Å²) in [7, 11) is 1.77. The molecule has 1 heterocycles. The number of carbonyl (C=O) groups is 1. The molecule has 0 aliphatic carbocycles. The molecule has 0 fully saturated rings. The molecule has 2 rings (SSSR count). The van der Waals surface area contributed by atoms with Gasteiger partial charge in [-0.2, -0.15) is 0 Å². The highest BCUT2D eigenvalue weighted by Crippen LogP contribution is 2.24. The van der Waals surface area contributed by atoms with Crippen molar-refractivity contribution in [2.24, 2.45) is 0 Å². The highest BCUT2D eigenvalue weighted by atomic mass is 79.9. The van der Waals surface area contributed by atoms with Crippen molar-refractivity contribution in [2.75, 3.05) is 7.05 Å². The van der Waals surface area contributed by atoms with Crippen molar-refractivity contribution in [1.82, 2.24) is 4.90 Å². The third kappa shape index (κ3) is 3.81. The number of amides is 1. The van der Waals surface area contributed by atoms with Crippen molar-refractivity contribution >= 4 is 60.7 Å². The standard InChI is InChI=1S/C13H10Br2ClNOS/c1-17(6-8-4-12(15)19-7-8)13(18)10-5-9(14)2-3-11(10)16/h2-5,7H,6H2,1H3. The summed E-state index contributed by atoms with van der Waals surface area (Å²) >= 11 is 14.4. The van der Waals surface area contributed by atoms with Gasteiger partial charge < -0.3 is 4.90 Å². The van der Waals surface area contributed by atoms with Crippen LogP contribution in [-0.2, 0) is 6.54 Å². The van der Waals surface area contributed by atoms with Crippen molar-refractivity contribution in [1.29, 1.82) is 0 Å². The number of hydrogen-bond acceptors (Lipinski definition) is 2. The molecule has 19 heavy (non-hydrogen) atoms. The molecule has 0 radical (unpaired) electrons. The summed E-state index contributed by atoms with van der Waals surface area (Å²) < 4.78 is 1.90. The molecule has 0 spiro atoms. The molecule has 0 unspecified atom stereocenters. The monoisotopic (exact) mass is 421 g/mol. The fourth-order valence-corrected chi connectivity index (χ4v) is 3.40. The summed E-state index contributed by atoms with van der Waals surface area (Å²) in [6.45, 7) is 0.559. The van der Waals surface area contributed by atoms with Crippen molar-refractivity contribution in [2.45, 2.75) is 6.54 Å². The topological polar surface area (TPSA) is 20.3 Å². The van der Waals surface area contributed by atoms with E-state index in [1.54, 1.807) is 35.4 Å². The highest BCUT2D eigenvalue weighted by molar-refractivity contribution is 9.11. The van der Waals surface area contributed by atoms with Crippen molar-refractivity contribution in [3.63, 3.8) is 0 Å². The second-order valence-electron chi connectivity index (χ2n) is 4.04. The van der Waals surface area contributed by atoms with Crippen LogP contribution in [0.25, 0.3) is 0 Å². The summed E-state index contributed by atoms with van der Waals surface area (Å²) in [6.07, 6.45) is 0. The number of benzene rings is 1. The van der Waals surface area contributed by atoms with Crippen molar-refractivity contribution in [3.05, 3.63) is 54.1 Å². The number of nitrogens with zero attached hydrogens (tertiary/aromatic N) is 1. The first kappa shape index (κ1) is 15.0. The predicted molar refractivity (Wildman–Crippen MR) is 87.0 cm³/mol. The van der Waals surface area contributed by atoms with Crippen LogP contribution in [0, 0.1) is 0 Å². The quantitative estimate of drug-likeness (QED) is 0.665. The highest BCUT2D eigenvalue weighted by Gasteiger charge is 2.16. The molecule has 0 aliphatic rings. The van der Waals surface area contributed by atoms with Gasteiger partial charge in [0.1, 0.15) is 0 Å². The lowest BCUT2D eigenvalue weighted by atomic mass is 10.2. The van der Waals surface area contributed by atoms with Gasteiger partial charge in [0.25, 0.3) is 5.91 Å². The first-order chi connectivity index (χ1) is 8.97. The van der Waals surface area contributed by atoms with Gasteiger partial charge in [-0.15, -0.1) is 11.3 Å². The van der Waals surface area contributed by atoms with Gasteiger partial charge >= 0.3 is 0 Å². The Labute approximate surface area is 137 Å². The summed E-state index contributed by atoms with van der Waals surface area (Å²) in [5.74, 6) is -0.0892. The van der Waals surface area contributed by atoms with Crippen LogP contribution in [0.1, 0.15) is 15.9 Å². The molecule has 0 bridgehead atoms. The van der Waals surface area contributed by atoms with E-state index < -0.39 is 0 Å². The van der Waals surface area contributed by atoms with E-state index in [2.05, 4.69) is 31.9 Å². The number of hydrogen-bond donors (Lipinski definition) is 0. The Kier molecular flexibility index (Phi) is 5.06. The van der Waals surface area contributed by atoms with Crippen molar-refractivity contribution in [3.8, 4) is 0 Å². The SMILES string of the molecule is CN(Cc1csc(Br)c1)C(=O)c1cc(Br)ccc1Cl. The zero-order valence-electron chi connectivity index (χ0n) is 9.99. The van der Waals surface area contributed by atoms with Gasteiger partial charge in [-0.1, -0.05) is 27.5 Å². The molecule has 100 valence electrons. The fourth-order valence-electron chi connectivity index (χ4n) is 1.64. The van der Waals surface area contributed by atoms with Crippen LogP contribution in [0.5, 0.6) is 0 Å². The lowest BCUT2D eigenvalue weighted by Gasteiger charge is -2.17. The van der Waals surface area contributed by atoms with Gasteiger partial charge in [0.05, 0.1) is 14.4 Å². The molecular weight excluding hydrogens is 413 g/mol. The van der Waals surface area contributed by atoms with E-state index in [-0.39, 0.29) is 5.91 Å². The molecule has 2 nitrogen and oxygen atoms in total. The third-order valence-electron chi connectivity index (χ3n) is 2.55. The second-order valence-corrected chi connectivity index (χ2v) is 7.66. The molecule has 0 saturated heterocycles. The first-order valence-corrected chi connectivity index (χ1v) is 8.25. The average Bonchev–Trinajstić information content (AvgIpc) is 2.77. The van der Waals surface area contributed by atoms with Crippen LogP contribution in [0.15, 0.2) is 37.9 Å². The van der Waals surface area contributed by atoms with Crippen LogP contribution in [0.2, 0.25) is 5.02 Å². The van der Waals surface area contributed by atoms with Crippen molar-refractivity contribution < 1.29 is 4.79 Å². The zero-order valence-corrected chi connectivity index (χ0v) is 14.7. The van der Waals surface area contributed by atoms with Crippen LogP contribution in [-0.4, -0.2) is 17.9 Å². The molecule has 0 aliphatic heterocycles. The maximum Gasteiger partial charge on any atom is 0.255 e. The summed E-state index contributed by atoms with van der Waals surface area (Å²) in [6, 6.07) is 7.28. The number of rotatable bonds is 3. The Morgan fingerprint density at radius 3 is 2.74 bits per heavy atom. The van der Waals surface area contributed by atoms with E-state index in [1.807, 2.05) is 17.5 Å². The Balaban J connectivity index is 2.16. The van der Waals surface area contributed by atoms with Gasteiger partial charge in [0.2, 0.25) is 0 Å². The van der Waals surface area contributed by atoms with Crippen LogP contribution in [0.3, 0.4) is 0 Å². The summed E-state index contributed by atoms with van der Waals surface area (Å²) in [5.41, 5.74) is 1.60. The van der Waals surface area contributed by atoms with E-state index in [4.69, 9.17) is 11.6 Å². The third-order valence-corrected chi connectivity index (χ3v) is 4.92. The van der Waals surface area contributed by atoms with Crippen LogP contribution in [0.4, 0.5) is 0 Å². The van der Waals surface area contributed by atoms with Gasteiger partial charge in [-0.25, -0.2) is 0 Å². The Morgan fingerprint density at radius 2 is 2.11 bits per heavy atom. The lowest BCUT2D eigenvalue weighted by Crippen LogP contribution is -2.26. The number of thiophene rings is 1. The van der Waals surface area contributed by atoms with Crippen LogP contribution >= 0.6 is 54.8 Å². The predicted octanol–water partition coefficient (Wildman–Crippen LogP) is 5.20. The minimum absolute atomic E-state index is 0.0892. The number of halogens is 3. The number of carbonyl (C=O) groups excluding carboxylic acids is 1. The largest absolute Gasteiger partial charge is 0.337 e. The lowest BCUT2D eigenvalue weighted by molar-refractivity contribution is 0.0785. The van der Waals surface area contributed by atoms with Gasteiger partial charge in [0.15, 0.2) is 0 Å². The van der Waals surface area contributed by atoms with E-state index in [1.165, 1.54) is 0 Å². The van der Waals surface area contributed by atoms with E-state index in [9.17, 15) is 4.79 Å². The molecule has 2 aromatic rings. The molecule has 1 amide bonds. The molecule has 6 heteroatoms. The molecule has 1 aromatic carbocycles. The average molecular weight is 424 g/mol. The van der Waals surface area contributed by atoms with E-state index in [0.717, 1.165) is 13.8 Å². The normalized spacial score (nSPS) is 10.5. The van der Waals surface area contributed by atoms with E-state index in [0.29, 0.717) is 17.1 Å². The van der Waals surface area contributed by atoms with Gasteiger partial charge in [-0.05, 0) is 51.1 Å². The van der Waals surface area contributed by atoms with Gasteiger partial charge in [0, 0.05) is 18.1 Å². The Bertz CT molecular complexity index is 614. The first-order valence-electron chi connectivity index (χ1n) is 5.41. The van der Waals surface area contributed by atoms with Crippen LogP contribution < -0.4 is 0 Å². The molecule has 0 atom stereocenters. The summed E-state index contributed by atoms with van der Waals surface area (Å²) in [5, 5.41) is 2.49. The van der Waals surface area contributed by atoms with E-state index >= 15 is 0 Å². The Morgan fingerprint density at radius 1 is 1.37 bits per heavy atom. The maximum atomic E-state index is 12.3. The smallest absolute Gasteiger partial charge is 0.255 e. The zero-order chi connectivity index (χ0) is 14.0. The van der Waals surface area contributed by atoms with Gasteiger partial charge in [-0.3, -0.25) is 4.79 Å². The Hall–Kier alpha value is -0.360. The fraction of sp³-hybridized carbons (Fsp3) is 0.154. The second kappa shape index (κ2) is 6.39. The molecule has 0 N–H and O–H groups in total. The maximum absolute atomic E-state index is 12.3. The molecular formula is C13H10Br2ClNOS.